The first-order chi connectivity index (χ1) is 9.63. The molecule has 1 aromatic carbocycles. The van der Waals surface area contributed by atoms with Crippen LogP contribution in [0.25, 0.3) is 6.08 Å². The molecule has 0 saturated carbocycles. The largest absolute Gasteiger partial charge is 0.480 e. The first-order valence-electron chi connectivity index (χ1n) is 6.25. The molecular weight excluding hydrogens is 254 g/mol. The Labute approximate surface area is 117 Å². The van der Waals surface area contributed by atoms with E-state index in [0.717, 1.165) is 36.2 Å². The van der Waals surface area contributed by atoms with Crippen molar-refractivity contribution in [1.29, 1.82) is 10.5 Å². The van der Waals surface area contributed by atoms with Gasteiger partial charge < -0.3 is 10.0 Å². The lowest BCUT2D eigenvalue weighted by Crippen LogP contribution is -2.34. The van der Waals surface area contributed by atoms with Crippen LogP contribution in [0.1, 0.15) is 17.5 Å². The molecule has 0 radical (unpaired) electrons. The fourth-order valence-corrected chi connectivity index (χ4v) is 2.37. The molecule has 0 fully saturated rings. The monoisotopic (exact) mass is 267 g/mol. The Hall–Kier alpha value is -2.79. The third-order valence-corrected chi connectivity index (χ3v) is 3.20. The molecule has 1 aliphatic rings. The van der Waals surface area contributed by atoms with Crippen LogP contribution in [0.5, 0.6) is 0 Å². The van der Waals surface area contributed by atoms with E-state index >= 15 is 0 Å². The van der Waals surface area contributed by atoms with Crippen molar-refractivity contribution in [2.45, 2.75) is 12.8 Å². The Kier molecular flexibility index (Phi) is 4.02. The summed E-state index contributed by atoms with van der Waals surface area (Å²) in [5.74, 6) is -0.849. The van der Waals surface area contributed by atoms with Gasteiger partial charge in [-0.1, -0.05) is 6.07 Å². The highest BCUT2D eigenvalue weighted by Gasteiger charge is 2.18. The second-order valence-corrected chi connectivity index (χ2v) is 4.59. The maximum Gasteiger partial charge on any atom is 0.323 e. The highest BCUT2D eigenvalue weighted by Crippen LogP contribution is 2.28. The van der Waals surface area contributed by atoms with Crippen LogP contribution in [0, 0.1) is 22.7 Å². The van der Waals surface area contributed by atoms with Crippen LogP contribution in [0.4, 0.5) is 5.69 Å². The molecule has 0 aromatic heterocycles. The Balaban J connectivity index is 2.33. The van der Waals surface area contributed by atoms with Gasteiger partial charge in [0, 0.05) is 12.2 Å². The lowest BCUT2D eigenvalue weighted by atomic mass is 9.98. The minimum Gasteiger partial charge on any atom is -0.480 e. The van der Waals surface area contributed by atoms with Crippen LogP contribution in [-0.2, 0) is 11.2 Å². The molecule has 0 bridgehead atoms. The number of carboxylic acids is 1. The third kappa shape index (κ3) is 2.96. The van der Waals surface area contributed by atoms with Gasteiger partial charge in [-0.25, -0.2) is 0 Å². The maximum absolute atomic E-state index is 10.8. The number of hydrogen-bond acceptors (Lipinski definition) is 4. The van der Waals surface area contributed by atoms with Crippen LogP contribution >= 0.6 is 0 Å². The number of nitrogens with zero attached hydrogens (tertiary/aromatic N) is 3. The van der Waals surface area contributed by atoms with Crippen molar-refractivity contribution in [3.8, 4) is 12.1 Å². The Morgan fingerprint density at radius 2 is 2.15 bits per heavy atom. The fourth-order valence-electron chi connectivity index (χ4n) is 2.37. The van der Waals surface area contributed by atoms with Crippen molar-refractivity contribution in [3.05, 3.63) is 34.9 Å². The number of benzene rings is 1. The summed E-state index contributed by atoms with van der Waals surface area (Å²) in [6.07, 6.45) is 3.31. The number of aryl methyl sites for hydroxylation is 1. The third-order valence-electron chi connectivity index (χ3n) is 3.20. The van der Waals surface area contributed by atoms with Crippen molar-refractivity contribution in [1.82, 2.24) is 0 Å². The lowest BCUT2D eigenvalue weighted by molar-refractivity contribution is -0.135. The minimum absolute atomic E-state index is 0.0101. The van der Waals surface area contributed by atoms with Gasteiger partial charge in [0.1, 0.15) is 24.3 Å². The number of anilines is 1. The molecule has 0 spiro atoms. The molecule has 100 valence electrons. The molecule has 0 unspecified atom stereocenters. The van der Waals surface area contributed by atoms with Crippen molar-refractivity contribution in [2.24, 2.45) is 0 Å². The summed E-state index contributed by atoms with van der Waals surface area (Å²) in [7, 11) is 0. The first kappa shape index (κ1) is 13.6. The van der Waals surface area contributed by atoms with Crippen LogP contribution in [-0.4, -0.2) is 24.2 Å². The van der Waals surface area contributed by atoms with Gasteiger partial charge in [-0.3, -0.25) is 4.79 Å². The molecule has 0 atom stereocenters. The predicted molar refractivity (Wildman–Crippen MR) is 73.8 cm³/mol. The van der Waals surface area contributed by atoms with E-state index in [1.54, 1.807) is 6.07 Å². The fraction of sp³-hybridized carbons (Fsp3) is 0.267. The summed E-state index contributed by atoms with van der Waals surface area (Å²) < 4.78 is 0. The second kappa shape index (κ2) is 5.90. The number of allylic oxidation sites excluding steroid dienone is 1. The van der Waals surface area contributed by atoms with E-state index < -0.39 is 5.97 Å². The number of carbonyl (C=O) groups is 1. The van der Waals surface area contributed by atoms with Crippen molar-refractivity contribution < 1.29 is 9.90 Å². The molecule has 5 nitrogen and oxygen atoms in total. The summed E-state index contributed by atoms with van der Waals surface area (Å²) in [6, 6.07) is 9.22. The molecular formula is C15H13N3O2. The molecule has 1 aromatic rings. The van der Waals surface area contributed by atoms with Crippen LogP contribution in [0.3, 0.4) is 0 Å². The number of hydrogen-bond donors (Lipinski definition) is 1. The molecule has 5 heteroatoms. The van der Waals surface area contributed by atoms with E-state index in [1.165, 1.54) is 6.08 Å². The summed E-state index contributed by atoms with van der Waals surface area (Å²) in [5.41, 5.74) is 2.83. The van der Waals surface area contributed by atoms with E-state index in [2.05, 4.69) is 0 Å². The van der Waals surface area contributed by atoms with E-state index in [1.807, 2.05) is 29.2 Å². The topological polar surface area (TPSA) is 88.1 Å². The molecule has 0 saturated heterocycles. The van der Waals surface area contributed by atoms with Crippen LogP contribution in [0.15, 0.2) is 23.8 Å². The molecule has 1 N–H and O–H groups in total. The zero-order valence-electron chi connectivity index (χ0n) is 10.8. The second-order valence-electron chi connectivity index (χ2n) is 4.59. The first-order valence-corrected chi connectivity index (χ1v) is 6.25. The zero-order valence-corrected chi connectivity index (χ0v) is 10.8. The van der Waals surface area contributed by atoms with Gasteiger partial charge in [0.2, 0.25) is 0 Å². The Morgan fingerprint density at radius 3 is 2.80 bits per heavy atom. The summed E-state index contributed by atoms with van der Waals surface area (Å²) in [5, 5.41) is 26.4. The van der Waals surface area contributed by atoms with Crippen molar-refractivity contribution in [3.63, 3.8) is 0 Å². The SMILES string of the molecule is N#CC(C#N)=Cc1ccc2c(c1)CCCN2CC(=O)O. The van der Waals surface area contributed by atoms with Crippen molar-refractivity contribution in [2.75, 3.05) is 18.0 Å². The Morgan fingerprint density at radius 1 is 1.40 bits per heavy atom. The van der Waals surface area contributed by atoms with Gasteiger partial charge >= 0.3 is 5.97 Å². The van der Waals surface area contributed by atoms with E-state index in [0.29, 0.717) is 0 Å². The van der Waals surface area contributed by atoms with E-state index in [9.17, 15) is 4.79 Å². The molecule has 2 rings (SSSR count). The highest BCUT2D eigenvalue weighted by molar-refractivity contribution is 5.75. The van der Waals surface area contributed by atoms with Gasteiger partial charge in [0.15, 0.2) is 0 Å². The quantitative estimate of drug-likeness (QED) is 0.846. The number of aliphatic carboxylic acids is 1. The molecule has 0 amide bonds. The standard InChI is InChI=1S/C15H13N3O2/c16-8-12(9-17)6-11-3-4-14-13(7-11)2-1-5-18(14)10-15(19)20/h3-4,6-7H,1-2,5,10H2,(H,19,20). The van der Waals surface area contributed by atoms with Crippen LogP contribution < -0.4 is 4.90 Å². The van der Waals surface area contributed by atoms with Crippen LogP contribution in [0.2, 0.25) is 0 Å². The normalized spacial score (nSPS) is 12.8. The number of carboxylic acid groups (broad SMARTS) is 1. The summed E-state index contributed by atoms with van der Waals surface area (Å²) in [4.78, 5) is 12.7. The number of nitriles is 2. The van der Waals surface area contributed by atoms with E-state index in [4.69, 9.17) is 15.6 Å². The number of rotatable bonds is 3. The predicted octanol–water partition coefficient (Wildman–Crippen LogP) is 1.95. The average Bonchev–Trinajstić information content (AvgIpc) is 2.44. The summed E-state index contributed by atoms with van der Waals surface area (Å²) in [6.45, 7) is 0.722. The minimum atomic E-state index is -0.849. The molecule has 1 aliphatic heterocycles. The van der Waals surface area contributed by atoms with E-state index in [-0.39, 0.29) is 12.1 Å². The zero-order chi connectivity index (χ0) is 14.5. The molecule has 20 heavy (non-hydrogen) atoms. The van der Waals surface area contributed by atoms with Gasteiger partial charge in [-0.2, -0.15) is 10.5 Å². The van der Waals surface area contributed by atoms with Crippen molar-refractivity contribution >= 4 is 17.7 Å². The lowest BCUT2D eigenvalue weighted by Gasteiger charge is -2.30. The molecule has 1 heterocycles. The smallest absolute Gasteiger partial charge is 0.323 e. The Bertz CT molecular complexity index is 634. The highest BCUT2D eigenvalue weighted by atomic mass is 16.4. The van der Waals surface area contributed by atoms with Gasteiger partial charge in [-0.05, 0) is 42.2 Å². The average molecular weight is 267 g/mol. The van der Waals surface area contributed by atoms with Gasteiger partial charge in [0.25, 0.3) is 0 Å². The summed E-state index contributed by atoms with van der Waals surface area (Å²) >= 11 is 0. The number of fused-ring (bicyclic) bond motifs is 1. The van der Waals surface area contributed by atoms with Gasteiger partial charge in [0.05, 0.1) is 0 Å². The van der Waals surface area contributed by atoms with Gasteiger partial charge in [-0.15, -0.1) is 0 Å². The molecule has 0 aliphatic carbocycles. The maximum atomic E-state index is 10.8.